The molecule has 0 bridgehead atoms. The predicted molar refractivity (Wildman–Crippen MR) is 58.4 cm³/mol. The standard InChI is InChI=1S/C5H4BrCl2N3O2S/c6-1-14(12,13)11-3-4(7)9-2-10-5(3)8/h2,11H,1H2. The molecule has 1 aromatic heterocycles. The number of sulfonamides is 1. The van der Waals surface area contributed by atoms with Crippen molar-refractivity contribution in [1.29, 1.82) is 0 Å². The van der Waals surface area contributed by atoms with E-state index in [1.165, 1.54) is 0 Å². The fourth-order valence-electron chi connectivity index (χ4n) is 0.611. The average Bonchev–Trinajstić information content (AvgIpc) is 2.12. The number of nitrogens with zero attached hydrogens (tertiary/aromatic N) is 2. The quantitative estimate of drug-likeness (QED) is 0.681. The Bertz CT molecular complexity index is 418. The Balaban J connectivity index is 3.09. The van der Waals surface area contributed by atoms with Crippen molar-refractivity contribution in [2.45, 2.75) is 0 Å². The number of halogens is 3. The summed E-state index contributed by atoms with van der Waals surface area (Å²) in [6.45, 7) is 0. The molecule has 1 heterocycles. The molecule has 0 aliphatic carbocycles. The summed E-state index contributed by atoms with van der Waals surface area (Å²) in [6.07, 6.45) is 1.14. The van der Waals surface area contributed by atoms with Crippen molar-refractivity contribution >= 4 is 54.8 Å². The average molecular weight is 321 g/mol. The van der Waals surface area contributed by atoms with Gasteiger partial charge in [-0.2, -0.15) is 0 Å². The molecule has 0 aliphatic rings. The maximum Gasteiger partial charge on any atom is 0.242 e. The molecule has 0 aliphatic heterocycles. The molecule has 0 atom stereocenters. The zero-order chi connectivity index (χ0) is 10.8. The molecule has 0 aromatic carbocycles. The van der Waals surface area contributed by atoms with Crippen LogP contribution in [0.25, 0.3) is 0 Å². The van der Waals surface area contributed by atoms with Crippen molar-refractivity contribution < 1.29 is 8.42 Å². The van der Waals surface area contributed by atoms with Gasteiger partial charge in [0.1, 0.15) is 16.7 Å². The maximum absolute atomic E-state index is 11.1. The van der Waals surface area contributed by atoms with Crippen molar-refractivity contribution in [2.75, 3.05) is 9.38 Å². The van der Waals surface area contributed by atoms with E-state index >= 15 is 0 Å². The third-order valence-corrected chi connectivity index (χ3v) is 4.34. The highest BCUT2D eigenvalue weighted by Crippen LogP contribution is 2.26. The van der Waals surface area contributed by atoms with E-state index in [2.05, 4.69) is 30.6 Å². The minimum atomic E-state index is -3.50. The van der Waals surface area contributed by atoms with E-state index in [0.29, 0.717) is 0 Å². The van der Waals surface area contributed by atoms with E-state index < -0.39 is 10.0 Å². The van der Waals surface area contributed by atoms with Crippen molar-refractivity contribution in [3.05, 3.63) is 16.6 Å². The lowest BCUT2D eigenvalue weighted by atomic mass is 10.6. The van der Waals surface area contributed by atoms with Crippen molar-refractivity contribution in [1.82, 2.24) is 9.97 Å². The molecule has 1 N–H and O–H groups in total. The number of nitrogens with one attached hydrogen (secondary N) is 1. The second kappa shape index (κ2) is 4.61. The molecule has 1 aromatic rings. The lowest BCUT2D eigenvalue weighted by molar-refractivity contribution is 0.606. The maximum atomic E-state index is 11.1. The van der Waals surface area contributed by atoms with Crippen molar-refractivity contribution in [2.24, 2.45) is 0 Å². The van der Waals surface area contributed by atoms with Gasteiger partial charge in [0.2, 0.25) is 10.0 Å². The summed E-state index contributed by atoms with van der Waals surface area (Å²) >= 11 is 14.0. The Morgan fingerprint density at radius 2 is 1.86 bits per heavy atom. The summed E-state index contributed by atoms with van der Waals surface area (Å²) in [6, 6.07) is 0. The Hall–Kier alpha value is -0.110. The van der Waals surface area contributed by atoms with E-state index in [1.54, 1.807) is 0 Å². The monoisotopic (exact) mass is 319 g/mol. The molecular weight excluding hydrogens is 317 g/mol. The van der Waals surface area contributed by atoms with Crippen molar-refractivity contribution in [3.8, 4) is 0 Å². The van der Waals surface area contributed by atoms with Crippen LogP contribution in [0.3, 0.4) is 0 Å². The second-order valence-electron chi connectivity index (χ2n) is 2.16. The number of aromatic nitrogens is 2. The van der Waals surface area contributed by atoms with E-state index in [-0.39, 0.29) is 20.7 Å². The zero-order valence-electron chi connectivity index (χ0n) is 6.54. The van der Waals surface area contributed by atoms with E-state index in [4.69, 9.17) is 23.2 Å². The molecule has 78 valence electrons. The third-order valence-electron chi connectivity index (χ3n) is 1.16. The van der Waals surface area contributed by atoms with Crippen LogP contribution in [0.2, 0.25) is 10.3 Å². The normalized spacial score (nSPS) is 11.4. The van der Waals surface area contributed by atoms with Crippen LogP contribution in [0.4, 0.5) is 5.69 Å². The van der Waals surface area contributed by atoms with E-state index in [9.17, 15) is 8.42 Å². The first-order valence-electron chi connectivity index (χ1n) is 3.18. The molecule has 0 unspecified atom stereocenters. The summed E-state index contributed by atoms with van der Waals surface area (Å²) in [5.41, 5.74) is -0.0183. The molecule has 0 saturated carbocycles. The van der Waals surface area contributed by atoms with Crippen LogP contribution in [0.5, 0.6) is 0 Å². The molecule has 0 saturated heterocycles. The number of rotatable bonds is 3. The van der Waals surface area contributed by atoms with Crippen LogP contribution in [-0.4, -0.2) is 23.0 Å². The van der Waals surface area contributed by atoms with Crippen LogP contribution < -0.4 is 4.72 Å². The van der Waals surface area contributed by atoms with Gasteiger partial charge < -0.3 is 0 Å². The fraction of sp³-hybridized carbons (Fsp3) is 0.200. The number of alkyl halides is 1. The first-order chi connectivity index (χ1) is 6.46. The molecular formula is C5H4BrCl2N3O2S. The Morgan fingerprint density at radius 1 is 1.36 bits per heavy atom. The topological polar surface area (TPSA) is 72.0 Å². The highest BCUT2D eigenvalue weighted by Gasteiger charge is 2.14. The lowest BCUT2D eigenvalue weighted by Gasteiger charge is -2.06. The molecule has 14 heavy (non-hydrogen) atoms. The van der Waals surface area contributed by atoms with Gasteiger partial charge in [0.15, 0.2) is 10.3 Å². The van der Waals surface area contributed by atoms with Gasteiger partial charge in [-0.25, -0.2) is 18.4 Å². The third kappa shape index (κ3) is 2.94. The van der Waals surface area contributed by atoms with Crippen LogP contribution in [0, 0.1) is 0 Å². The summed E-state index contributed by atoms with van der Waals surface area (Å²) in [4.78, 5) is 7.17. The van der Waals surface area contributed by atoms with Gasteiger partial charge in [0.25, 0.3) is 0 Å². The Kier molecular flexibility index (Phi) is 3.94. The molecule has 9 heteroatoms. The minimum absolute atomic E-state index is 0.0183. The van der Waals surface area contributed by atoms with E-state index in [1.807, 2.05) is 0 Å². The molecule has 0 amide bonds. The van der Waals surface area contributed by atoms with Crippen LogP contribution in [0.1, 0.15) is 0 Å². The minimum Gasteiger partial charge on any atom is -0.277 e. The first kappa shape index (κ1) is 12.0. The zero-order valence-corrected chi connectivity index (χ0v) is 10.5. The van der Waals surface area contributed by atoms with Gasteiger partial charge in [-0.05, 0) is 0 Å². The Labute approximate surface area is 99.0 Å². The van der Waals surface area contributed by atoms with Crippen LogP contribution in [0.15, 0.2) is 6.33 Å². The number of hydrogen-bond acceptors (Lipinski definition) is 4. The van der Waals surface area contributed by atoms with Gasteiger partial charge >= 0.3 is 0 Å². The molecule has 0 spiro atoms. The van der Waals surface area contributed by atoms with Gasteiger partial charge in [-0.3, -0.25) is 4.72 Å². The fourth-order valence-corrected chi connectivity index (χ4v) is 2.03. The molecule has 0 radical (unpaired) electrons. The SMILES string of the molecule is O=S(=O)(CBr)Nc1c(Cl)ncnc1Cl. The van der Waals surface area contributed by atoms with Gasteiger partial charge in [0, 0.05) is 0 Å². The molecule has 1 rings (SSSR count). The van der Waals surface area contributed by atoms with Gasteiger partial charge in [-0.1, -0.05) is 39.1 Å². The highest BCUT2D eigenvalue weighted by molar-refractivity contribution is 9.10. The summed E-state index contributed by atoms with van der Waals surface area (Å²) in [5, 5.41) is -0.0935. The van der Waals surface area contributed by atoms with Crippen molar-refractivity contribution in [3.63, 3.8) is 0 Å². The first-order valence-corrected chi connectivity index (χ1v) is 6.71. The summed E-state index contributed by atoms with van der Waals surface area (Å²) in [7, 11) is -3.50. The largest absolute Gasteiger partial charge is 0.277 e. The van der Waals surface area contributed by atoms with E-state index in [0.717, 1.165) is 6.33 Å². The summed E-state index contributed by atoms with van der Waals surface area (Å²) in [5.74, 6) is 0. The van der Waals surface area contributed by atoms with Gasteiger partial charge in [-0.15, -0.1) is 0 Å². The smallest absolute Gasteiger partial charge is 0.242 e. The van der Waals surface area contributed by atoms with Gasteiger partial charge in [0.05, 0.1) is 0 Å². The number of hydrogen-bond donors (Lipinski definition) is 1. The van der Waals surface area contributed by atoms with Crippen LogP contribution >= 0.6 is 39.1 Å². The highest BCUT2D eigenvalue weighted by atomic mass is 79.9. The predicted octanol–water partition coefficient (Wildman–Crippen LogP) is 1.88. The summed E-state index contributed by atoms with van der Waals surface area (Å²) < 4.78 is 24.2. The second-order valence-corrected chi connectivity index (χ2v) is 5.90. The lowest BCUT2D eigenvalue weighted by Crippen LogP contribution is -2.14. The molecule has 5 nitrogen and oxygen atoms in total. The molecule has 0 fully saturated rings. The number of anilines is 1. The Morgan fingerprint density at radius 3 is 2.29 bits per heavy atom. The van der Waals surface area contributed by atoms with Crippen LogP contribution in [-0.2, 0) is 10.0 Å².